The van der Waals surface area contributed by atoms with Crippen LogP contribution in [-0.4, -0.2) is 29.4 Å². The predicted molar refractivity (Wildman–Crippen MR) is 159 cm³/mol. The molecule has 214 valence electrons. The molecule has 41 heavy (non-hydrogen) atoms. The number of carbonyl (C=O) groups is 3. The van der Waals surface area contributed by atoms with Crippen LogP contribution in [0, 0.1) is 0 Å². The number of carbonyl (C=O) groups excluding carboxylic acids is 3. The van der Waals surface area contributed by atoms with Crippen LogP contribution in [0.3, 0.4) is 0 Å². The lowest BCUT2D eigenvalue weighted by Gasteiger charge is -2.20. The first-order valence-corrected chi connectivity index (χ1v) is 13.3. The van der Waals surface area contributed by atoms with Gasteiger partial charge in [-0.1, -0.05) is 6.07 Å². The fraction of sp³-hybridized carbons (Fsp3) is 0.312. The van der Waals surface area contributed by atoms with Gasteiger partial charge in [-0.2, -0.15) is 4.57 Å². The fourth-order valence-electron chi connectivity index (χ4n) is 4.51. The predicted octanol–water partition coefficient (Wildman–Crippen LogP) is 7.10. The van der Waals surface area contributed by atoms with E-state index < -0.39 is 29.4 Å². The van der Waals surface area contributed by atoms with Crippen molar-refractivity contribution in [2.75, 3.05) is 10.6 Å². The summed E-state index contributed by atoms with van der Waals surface area (Å²) >= 11 is 0. The highest BCUT2D eigenvalue weighted by molar-refractivity contribution is 6.11. The van der Waals surface area contributed by atoms with E-state index in [2.05, 4.69) is 10.6 Å². The Morgan fingerprint density at radius 2 is 1.20 bits per heavy atom. The van der Waals surface area contributed by atoms with E-state index in [4.69, 9.17) is 14.2 Å². The second kappa shape index (κ2) is 11.1. The van der Waals surface area contributed by atoms with Gasteiger partial charge in [-0.3, -0.25) is 15.4 Å². The molecule has 0 radical (unpaired) electrons. The number of aromatic nitrogens is 1. The third kappa shape index (κ3) is 7.30. The molecule has 1 heterocycles. The number of ether oxygens (including phenoxy) is 3. The smallest absolute Gasteiger partial charge is 0.412 e. The zero-order chi connectivity index (χ0) is 30.1. The molecule has 0 unspecified atom stereocenters. The van der Waals surface area contributed by atoms with Gasteiger partial charge >= 0.3 is 18.2 Å². The summed E-state index contributed by atoms with van der Waals surface area (Å²) in [6.07, 6.45) is -1.09. The van der Waals surface area contributed by atoms with Gasteiger partial charge in [0.2, 0.25) is 11.2 Å². The maximum atomic E-state index is 12.5. The quantitative estimate of drug-likeness (QED) is 0.120. The summed E-state index contributed by atoms with van der Waals surface area (Å²) < 4.78 is 18.1. The molecule has 0 fully saturated rings. The van der Waals surface area contributed by atoms with Crippen LogP contribution in [0.15, 0.2) is 60.7 Å². The minimum atomic E-state index is -0.635. The van der Waals surface area contributed by atoms with Crippen LogP contribution in [0.5, 0.6) is 5.75 Å². The largest absolute Gasteiger partial charge is 0.444 e. The Morgan fingerprint density at radius 1 is 0.683 bits per heavy atom. The molecule has 4 rings (SSSR count). The molecule has 1 aromatic heterocycles. The molecule has 2 N–H and O–H groups in total. The van der Waals surface area contributed by atoms with Crippen molar-refractivity contribution in [3.63, 3.8) is 0 Å². The number of nitrogens with one attached hydrogen (secondary N) is 2. The number of pyridine rings is 1. The van der Waals surface area contributed by atoms with Crippen LogP contribution < -0.4 is 19.9 Å². The lowest BCUT2D eigenvalue weighted by molar-refractivity contribution is -0.632. The molecule has 0 atom stereocenters. The Morgan fingerprint density at radius 3 is 1.71 bits per heavy atom. The van der Waals surface area contributed by atoms with E-state index in [1.54, 1.807) is 12.1 Å². The topological polar surface area (TPSA) is 107 Å². The van der Waals surface area contributed by atoms with Gasteiger partial charge in [0.15, 0.2) is 0 Å². The SMILES string of the molecule is CC(=O)Oc1ccc(-c2c3cc(NC(=O)OC(C)(C)C)ccc3c3ccc(NC(=O)OC(C)(C)C)cc3[n+]2C)cc1. The van der Waals surface area contributed by atoms with Crippen LogP contribution in [0.4, 0.5) is 21.0 Å². The number of rotatable bonds is 4. The lowest BCUT2D eigenvalue weighted by Crippen LogP contribution is -2.33. The van der Waals surface area contributed by atoms with Crippen LogP contribution >= 0.6 is 0 Å². The normalized spacial score (nSPS) is 11.7. The minimum absolute atomic E-state index is 0.401. The first-order valence-electron chi connectivity index (χ1n) is 13.3. The molecule has 2 amide bonds. The molecule has 0 aliphatic heterocycles. The fourth-order valence-corrected chi connectivity index (χ4v) is 4.51. The zero-order valence-electron chi connectivity index (χ0n) is 24.7. The summed E-state index contributed by atoms with van der Waals surface area (Å²) in [5, 5.41) is 8.41. The molecule has 0 saturated carbocycles. The Hall–Kier alpha value is -4.66. The van der Waals surface area contributed by atoms with Gasteiger partial charge in [0, 0.05) is 29.6 Å². The number of benzene rings is 3. The van der Waals surface area contributed by atoms with Crippen LogP contribution in [-0.2, 0) is 21.3 Å². The molecule has 3 aromatic carbocycles. The number of hydrogen-bond donors (Lipinski definition) is 2. The van der Waals surface area contributed by atoms with Crippen molar-refractivity contribution < 1.29 is 33.2 Å². The van der Waals surface area contributed by atoms with Gasteiger partial charge in [0.1, 0.15) is 24.0 Å². The van der Waals surface area contributed by atoms with Gasteiger partial charge in [-0.15, -0.1) is 0 Å². The maximum Gasteiger partial charge on any atom is 0.412 e. The number of amides is 2. The van der Waals surface area contributed by atoms with Gasteiger partial charge in [-0.05, 0) is 90.1 Å². The molecular weight excluding hydrogens is 522 g/mol. The first kappa shape index (κ1) is 29.3. The van der Waals surface area contributed by atoms with E-state index in [9.17, 15) is 14.4 Å². The van der Waals surface area contributed by atoms with E-state index in [-0.39, 0.29) is 0 Å². The average Bonchev–Trinajstić information content (AvgIpc) is 2.82. The van der Waals surface area contributed by atoms with E-state index in [1.807, 2.05) is 102 Å². The maximum absolute atomic E-state index is 12.5. The van der Waals surface area contributed by atoms with E-state index >= 15 is 0 Å². The first-order chi connectivity index (χ1) is 19.1. The highest BCUT2D eigenvalue weighted by Gasteiger charge is 2.24. The van der Waals surface area contributed by atoms with Crippen LogP contribution in [0.25, 0.3) is 32.9 Å². The Balaban J connectivity index is 1.87. The number of fused-ring (bicyclic) bond motifs is 3. The molecule has 0 aliphatic carbocycles. The van der Waals surface area contributed by atoms with Crippen LogP contribution in [0.2, 0.25) is 0 Å². The zero-order valence-corrected chi connectivity index (χ0v) is 24.7. The average molecular weight is 559 g/mol. The Labute approximate surface area is 239 Å². The summed E-state index contributed by atoms with van der Waals surface area (Å²) in [6.45, 7) is 12.2. The molecule has 9 nitrogen and oxygen atoms in total. The van der Waals surface area contributed by atoms with Crippen molar-refractivity contribution in [1.82, 2.24) is 0 Å². The molecule has 0 aliphatic rings. The molecular formula is C32H36N3O6+. The second-order valence-corrected chi connectivity index (χ2v) is 11.8. The third-order valence-corrected chi connectivity index (χ3v) is 5.94. The monoisotopic (exact) mass is 558 g/mol. The second-order valence-electron chi connectivity index (χ2n) is 11.8. The Bertz CT molecular complexity index is 1650. The third-order valence-electron chi connectivity index (χ3n) is 5.94. The summed E-state index contributed by atoms with van der Waals surface area (Å²) in [4.78, 5) is 36.4. The number of aryl methyl sites for hydroxylation is 1. The lowest BCUT2D eigenvalue weighted by atomic mass is 9.98. The van der Waals surface area contributed by atoms with Gasteiger partial charge in [0.25, 0.3) is 0 Å². The van der Waals surface area contributed by atoms with E-state index in [0.29, 0.717) is 17.1 Å². The van der Waals surface area contributed by atoms with Crippen molar-refractivity contribution in [3.8, 4) is 17.0 Å². The van der Waals surface area contributed by atoms with E-state index in [1.165, 1.54) is 6.92 Å². The highest BCUT2D eigenvalue weighted by Crippen LogP contribution is 2.34. The van der Waals surface area contributed by atoms with Gasteiger partial charge in [-0.25, -0.2) is 9.59 Å². The number of esters is 1. The number of hydrogen-bond acceptors (Lipinski definition) is 6. The summed E-state index contributed by atoms with van der Waals surface area (Å²) in [7, 11) is 1.93. The van der Waals surface area contributed by atoms with Gasteiger partial charge in [0.05, 0.1) is 16.5 Å². The standard InChI is InChI=1S/C32H35N3O6/c1-19(36)39-23-13-9-20(10-14-23)28-26-17-21(33-29(37)40-31(2,3)4)11-15-24(26)25-16-12-22(18-27(25)35(28)8)34-30(38)41-32(5,6)7/h9-18H,1-8H3,(H,33,37)/p+1. The van der Waals surface area contributed by atoms with Gasteiger partial charge < -0.3 is 14.2 Å². The highest BCUT2D eigenvalue weighted by atomic mass is 16.6. The summed E-state index contributed by atoms with van der Waals surface area (Å²) in [6, 6.07) is 18.5. The Kier molecular flexibility index (Phi) is 7.92. The van der Waals surface area contributed by atoms with Crippen LogP contribution in [0.1, 0.15) is 48.5 Å². The van der Waals surface area contributed by atoms with Crippen molar-refractivity contribution in [1.29, 1.82) is 0 Å². The number of nitrogens with zero attached hydrogens (tertiary/aromatic N) is 1. The minimum Gasteiger partial charge on any atom is -0.444 e. The molecule has 4 aromatic rings. The van der Waals surface area contributed by atoms with Crippen molar-refractivity contribution in [3.05, 3.63) is 60.7 Å². The molecule has 0 bridgehead atoms. The molecule has 9 heteroatoms. The van der Waals surface area contributed by atoms with E-state index in [0.717, 1.165) is 32.9 Å². The molecule has 0 spiro atoms. The number of anilines is 2. The van der Waals surface area contributed by atoms with Crippen molar-refractivity contribution in [2.24, 2.45) is 7.05 Å². The summed E-state index contributed by atoms with van der Waals surface area (Å²) in [5.41, 5.74) is 2.47. The van der Waals surface area contributed by atoms with Crippen molar-refractivity contribution >= 4 is 51.2 Å². The van der Waals surface area contributed by atoms with Crippen molar-refractivity contribution in [2.45, 2.75) is 59.7 Å². The summed E-state index contributed by atoms with van der Waals surface area (Å²) in [5.74, 6) is 0.0347. The molecule has 0 saturated heterocycles.